The van der Waals surface area contributed by atoms with Crippen LogP contribution in [0.2, 0.25) is 0 Å². The number of imidazole rings is 1. The van der Waals surface area contributed by atoms with Crippen LogP contribution in [0.3, 0.4) is 0 Å². The van der Waals surface area contributed by atoms with Crippen LogP contribution in [-0.4, -0.2) is 57.2 Å². The van der Waals surface area contributed by atoms with Gasteiger partial charge in [0.25, 0.3) is 0 Å². The zero-order valence-corrected chi connectivity index (χ0v) is 20.7. The Morgan fingerprint density at radius 1 is 1.26 bits per heavy atom. The minimum atomic E-state index is -3.40. The molecule has 1 aromatic carbocycles. The highest BCUT2D eigenvalue weighted by atomic mass is 32.2. The van der Waals surface area contributed by atoms with E-state index in [1.807, 2.05) is 36.6 Å². The quantitative estimate of drug-likeness (QED) is 0.301. The molecule has 0 spiro atoms. The zero-order chi connectivity index (χ0) is 24.6. The molecule has 0 saturated carbocycles. The van der Waals surface area contributed by atoms with Crippen LogP contribution in [-0.2, 0) is 16.6 Å². The molecule has 4 N–H and O–H groups in total. The van der Waals surface area contributed by atoms with Gasteiger partial charge in [-0.1, -0.05) is 25.6 Å². The second-order valence-corrected chi connectivity index (χ2v) is 11.2. The molecule has 5 rings (SSSR count). The molecular weight excluding hydrogens is 492 g/mol. The fourth-order valence-electron chi connectivity index (χ4n) is 3.74. The molecule has 184 valence electrons. The lowest BCUT2D eigenvalue weighted by Crippen LogP contribution is -2.31. The Hall–Kier alpha value is -3.36. The maximum absolute atomic E-state index is 12.3. The molecule has 0 aliphatic carbocycles. The van der Waals surface area contributed by atoms with E-state index in [-0.39, 0.29) is 30.8 Å². The molecule has 12 nitrogen and oxygen atoms in total. The largest absolute Gasteiger partial charge is 0.454 e. The van der Waals surface area contributed by atoms with Gasteiger partial charge in [-0.15, -0.1) is 0 Å². The van der Waals surface area contributed by atoms with Gasteiger partial charge in [-0.25, -0.2) is 28.1 Å². The van der Waals surface area contributed by atoms with Gasteiger partial charge in [0.2, 0.25) is 16.8 Å². The second kappa shape index (κ2) is 9.36. The van der Waals surface area contributed by atoms with E-state index in [9.17, 15) is 8.42 Å². The molecule has 0 unspecified atom stereocenters. The summed E-state index contributed by atoms with van der Waals surface area (Å²) in [6.07, 6.45) is 3.10. The van der Waals surface area contributed by atoms with Crippen molar-refractivity contribution in [3.05, 3.63) is 30.7 Å². The van der Waals surface area contributed by atoms with E-state index in [1.54, 1.807) is 6.20 Å². The molecule has 3 aromatic heterocycles. The standard InChI is InChI=1S/C21H24N8O4S2/c1-12(2)9-35(30,31)26-5-6-29-20-18(19(22)23-10-24-20)27-21(29)34-17-8-16-15(32-11-33-16)7-13(17)14-3-4-25-28-14/h3-4,7-8,10,12,26H,5-6,9,11H2,1-2H3,(H,25,28)(H2,22,23,24). The number of aromatic nitrogens is 6. The maximum Gasteiger partial charge on any atom is 0.231 e. The number of aromatic amines is 1. The molecule has 0 radical (unpaired) electrons. The fourth-order valence-corrected chi connectivity index (χ4v) is 6.20. The number of fused-ring (bicyclic) bond motifs is 2. The lowest BCUT2D eigenvalue weighted by atomic mass is 10.1. The van der Waals surface area contributed by atoms with Crippen molar-refractivity contribution in [1.29, 1.82) is 0 Å². The summed E-state index contributed by atoms with van der Waals surface area (Å²) in [5, 5.41) is 7.72. The molecule has 0 saturated heterocycles. The van der Waals surface area contributed by atoms with Crippen LogP contribution in [0.1, 0.15) is 13.8 Å². The molecule has 4 aromatic rings. The van der Waals surface area contributed by atoms with Crippen LogP contribution in [0.15, 0.2) is 40.8 Å². The topological polar surface area (TPSA) is 163 Å². The summed E-state index contributed by atoms with van der Waals surface area (Å²) >= 11 is 1.37. The van der Waals surface area contributed by atoms with Gasteiger partial charge in [0.05, 0.1) is 11.4 Å². The average molecular weight is 517 g/mol. The third kappa shape index (κ3) is 4.90. The first-order chi connectivity index (χ1) is 16.8. The maximum atomic E-state index is 12.3. The Morgan fingerprint density at radius 2 is 2.06 bits per heavy atom. The number of nitrogens with two attached hydrogens (primary N) is 1. The molecule has 0 fully saturated rings. The summed E-state index contributed by atoms with van der Waals surface area (Å²) in [5.41, 5.74) is 8.59. The van der Waals surface area contributed by atoms with Crippen LogP contribution in [0.25, 0.3) is 22.4 Å². The van der Waals surface area contributed by atoms with Crippen LogP contribution in [0.5, 0.6) is 11.5 Å². The van der Waals surface area contributed by atoms with Crippen molar-refractivity contribution < 1.29 is 17.9 Å². The molecule has 0 atom stereocenters. The summed E-state index contributed by atoms with van der Waals surface area (Å²) < 4.78 is 40.3. The van der Waals surface area contributed by atoms with Gasteiger partial charge in [0.1, 0.15) is 6.33 Å². The van der Waals surface area contributed by atoms with E-state index in [2.05, 4.69) is 29.9 Å². The summed E-state index contributed by atoms with van der Waals surface area (Å²) in [7, 11) is -3.40. The SMILES string of the molecule is CC(C)CS(=O)(=O)NCCn1c(Sc2cc3c(cc2-c2cc[nH]n2)OCO3)nc2c(N)ncnc21. The third-order valence-electron chi connectivity index (χ3n) is 5.19. The molecule has 4 heterocycles. The van der Waals surface area contributed by atoms with Crippen molar-refractivity contribution in [2.45, 2.75) is 30.4 Å². The van der Waals surface area contributed by atoms with E-state index in [4.69, 9.17) is 15.2 Å². The molecule has 35 heavy (non-hydrogen) atoms. The monoisotopic (exact) mass is 516 g/mol. The number of hydrogen-bond donors (Lipinski definition) is 3. The average Bonchev–Trinajstić information content (AvgIpc) is 3.53. The normalized spacial score (nSPS) is 13.2. The van der Waals surface area contributed by atoms with E-state index < -0.39 is 10.0 Å². The van der Waals surface area contributed by atoms with Crippen molar-refractivity contribution >= 4 is 38.8 Å². The van der Waals surface area contributed by atoms with Crippen molar-refractivity contribution in [2.24, 2.45) is 5.92 Å². The highest BCUT2D eigenvalue weighted by Gasteiger charge is 2.23. The Kier molecular flexibility index (Phi) is 6.25. The van der Waals surface area contributed by atoms with Crippen LogP contribution < -0.4 is 19.9 Å². The predicted molar refractivity (Wildman–Crippen MR) is 131 cm³/mol. The van der Waals surface area contributed by atoms with Gasteiger partial charge in [-0.05, 0) is 24.1 Å². The Balaban J connectivity index is 1.51. The minimum Gasteiger partial charge on any atom is -0.454 e. The number of anilines is 1. The van der Waals surface area contributed by atoms with E-state index in [0.29, 0.717) is 34.4 Å². The van der Waals surface area contributed by atoms with Gasteiger partial charge in [0.15, 0.2) is 33.6 Å². The number of nitrogen functional groups attached to an aromatic ring is 1. The summed E-state index contributed by atoms with van der Waals surface area (Å²) in [6.45, 7) is 4.34. The number of sulfonamides is 1. The smallest absolute Gasteiger partial charge is 0.231 e. The molecule has 1 aliphatic rings. The van der Waals surface area contributed by atoms with Crippen molar-refractivity contribution in [3.8, 4) is 22.8 Å². The third-order valence-corrected chi connectivity index (χ3v) is 7.99. The summed E-state index contributed by atoms with van der Waals surface area (Å²) in [5.74, 6) is 1.57. The Morgan fingerprint density at radius 3 is 2.80 bits per heavy atom. The second-order valence-electron chi connectivity index (χ2n) is 8.31. The van der Waals surface area contributed by atoms with Gasteiger partial charge >= 0.3 is 0 Å². The van der Waals surface area contributed by atoms with E-state index in [1.165, 1.54) is 18.1 Å². The number of nitrogens with zero attached hydrogens (tertiary/aromatic N) is 5. The molecular formula is C21H24N8O4S2. The number of hydrogen-bond acceptors (Lipinski definition) is 10. The number of benzene rings is 1. The highest BCUT2D eigenvalue weighted by Crippen LogP contribution is 2.44. The Bertz CT molecular complexity index is 1470. The predicted octanol–water partition coefficient (Wildman–Crippen LogP) is 2.25. The fraction of sp³-hybridized carbons (Fsp3) is 0.333. The molecule has 1 aliphatic heterocycles. The highest BCUT2D eigenvalue weighted by molar-refractivity contribution is 7.99. The first kappa shape index (κ1) is 23.4. The molecule has 14 heteroatoms. The van der Waals surface area contributed by atoms with Gasteiger partial charge in [0, 0.05) is 29.7 Å². The van der Waals surface area contributed by atoms with E-state index >= 15 is 0 Å². The van der Waals surface area contributed by atoms with Crippen LogP contribution in [0.4, 0.5) is 5.82 Å². The summed E-state index contributed by atoms with van der Waals surface area (Å²) in [6, 6.07) is 5.61. The van der Waals surface area contributed by atoms with E-state index in [0.717, 1.165) is 16.2 Å². The number of nitrogens with one attached hydrogen (secondary N) is 2. The van der Waals surface area contributed by atoms with Gasteiger partial charge < -0.3 is 19.8 Å². The first-order valence-corrected chi connectivity index (χ1v) is 13.3. The number of rotatable bonds is 9. The molecule has 0 bridgehead atoms. The summed E-state index contributed by atoms with van der Waals surface area (Å²) in [4.78, 5) is 13.9. The first-order valence-electron chi connectivity index (χ1n) is 10.9. The zero-order valence-electron chi connectivity index (χ0n) is 19.1. The van der Waals surface area contributed by atoms with Crippen molar-refractivity contribution in [1.82, 2.24) is 34.4 Å². The molecule has 0 amide bonds. The van der Waals surface area contributed by atoms with Crippen molar-refractivity contribution in [2.75, 3.05) is 24.8 Å². The van der Waals surface area contributed by atoms with Gasteiger partial charge in [-0.3, -0.25) is 5.10 Å². The van der Waals surface area contributed by atoms with Crippen LogP contribution in [0, 0.1) is 5.92 Å². The number of ether oxygens (including phenoxy) is 2. The number of H-pyrrole nitrogens is 1. The van der Waals surface area contributed by atoms with Gasteiger partial charge in [-0.2, -0.15) is 5.10 Å². The lowest BCUT2D eigenvalue weighted by Gasteiger charge is -2.12. The lowest BCUT2D eigenvalue weighted by molar-refractivity contribution is 0.174. The minimum absolute atomic E-state index is 0.0201. The van der Waals surface area contributed by atoms with Crippen molar-refractivity contribution in [3.63, 3.8) is 0 Å². The Labute approximate surface area is 205 Å². The van der Waals surface area contributed by atoms with Crippen LogP contribution >= 0.6 is 11.8 Å².